The predicted molar refractivity (Wildman–Crippen MR) is 65.2 cm³/mol. The van der Waals surface area contributed by atoms with E-state index in [1.54, 1.807) is 4.90 Å². The van der Waals surface area contributed by atoms with Gasteiger partial charge in [0.05, 0.1) is 6.20 Å². The van der Waals surface area contributed by atoms with Gasteiger partial charge >= 0.3 is 0 Å². The number of H-pyrrole nitrogens is 1. The van der Waals surface area contributed by atoms with E-state index in [4.69, 9.17) is 5.11 Å². The molecule has 0 spiro atoms. The van der Waals surface area contributed by atoms with Gasteiger partial charge in [0, 0.05) is 25.4 Å². The van der Waals surface area contributed by atoms with Gasteiger partial charge < -0.3 is 15.0 Å². The third-order valence-corrected chi connectivity index (χ3v) is 3.22. The summed E-state index contributed by atoms with van der Waals surface area (Å²) in [5.74, 6) is -0.176. The maximum Gasteiger partial charge on any atom is 0.274 e. The van der Waals surface area contributed by atoms with Crippen LogP contribution in [0.4, 0.5) is 0 Å². The molecule has 1 aromatic rings. The van der Waals surface area contributed by atoms with Crippen LogP contribution in [0.15, 0.2) is 17.2 Å². The molecule has 0 atom stereocenters. The minimum atomic E-state index is -0.322. The Morgan fingerprint density at radius 1 is 1.56 bits per heavy atom. The Bertz CT molecular complexity index is 447. The van der Waals surface area contributed by atoms with E-state index >= 15 is 0 Å². The molecule has 1 fully saturated rings. The fourth-order valence-corrected chi connectivity index (χ4v) is 2.00. The second-order valence-corrected chi connectivity index (χ2v) is 4.46. The van der Waals surface area contributed by atoms with Gasteiger partial charge in [-0.3, -0.25) is 9.59 Å². The summed E-state index contributed by atoms with van der Waals surface area (Å²) in [6.07, 6.45) is 6.15. The molecule has 1 amide bonds. The van der Waals surface area contributed by atoms with Crippen molar-refractivity contribution in [2.75, 3.05) is 13.2 Å². The van der Waals surface area contributed by atoms with Gasteiger partial charge in [0.2, 0.25) is 0 Å². The van der Waals surface area contributed by atoms with Crippen LogP contribution in [0, 0.1) is 0 Å². The second kappa shape index (κ2) is 5.77. The maximum atomic E-state index is 12.3. The SMILES string of the molecule is O=C(c1c[nH]c(=O)cn1)N(CCCO)C1CCC1. The standard InChI is InChI=1S/C12H17N3O3/c16-6-2-5-15(9-3-1-4-9)12(18)10-7-14-11(17)8-13-10/h7-9,16H,1-6H2,(H,14,17). The van der Waals surface area contributed by atoms with Crippen LogP contribution >= 0.6 is 0 Å². The highest BCUT2D eigenvalue weighted by Crippen LogP contribution is 2.25. The molecule has 1 aromatic heterocycles. The lowest BCUT2D eigenvalue weighted by Crippen LogP contribution is -2.45. The molecule has 0 aliphatic heterocycles. The molecule has 0 saturated heterocycles. The number of nitrogens with zero attached hydrogens (tertiary/aromatic N) is 2. The molecule has 1 heterocycles. The lowest BCUT2D eigenvalue weighted by atomic mass is 9.91. The highest BCUT2D eigenvalue weighted by molar-refractivity contribution is 5.92. The van der Waals surface area contributed by atoms with E-state index in [9.17, 15) is 9.59 Å². The average Bonchev–Trinajstić information content (AvgIpc) is 2.32. The quantitative estimate of drug-likeness (QED) is 0.779. The van der Waals surface area contributed by atoms with Crippen LogP contribution in [-0.4, -0.2) is 45.1 Å². The summed E-state index contributed by atoms with van der Waals surface area (Å²) in [5.41, 5.74) is -0.0726. The Labute approximate surface area is 105 Å². The molecular formula is C12H17N3O3. The van der Waals surface area contributed by atoms with Crippen molar-refractivity contribution in [2.45, 2.75) is 31.7 Å². The molecule has 0 radical (unpaired) electrons. The predicted octanol–water partition coefficient (Wildman–Crippen LogP) is 0.147. The summed E-state index contributed by atoms with van der Waals surface area (Å²) in [4.78, 5) is 31.2. The molecule has 0 aromatic carbocycles. The number of rotatable bonds is 5. The normalized spacial score (nSPS) is 15.2. The van der Waals surface area contributed by atoms with Crippen molar-refractivity contribution in [3.8, 4) is 0 Å². The zero-order chi connectivity index (χ0) is 13.0. The number of nitrogens with one attached hydrogen (secondary N) is 1. The Kier molecular flexibility index (Phi) is 4.09. The topological polar surface area (TPSA) is 86.3 Å². The van der Waals surface area contributed by atoms with Gasteiger partial charge in [-0.1, -0.05) is 0 Å². The van der Waals surface area contributed by atoms with Gasteiger partial charge in [-0.05, 0) is 25.7 Å². The molecule has 1 aliphatic carbocycles. The highest BCUT2D eigenvalue weighted by Gasteiger charge is 2.29. The number of carbonyl (C=O) groups excluding carboxylic acids is 1. The maximum absolute atomic E-state index is 12.3. The first-order chi connectivity index (χ1) is 8.72. The number of aromatic nitrogens is 2. The molecule has 1 saturated carbocycles. The van der Waals surface area contributed by atoms with Gasteiger partial charge in [0.1, 0.15) is 5.69 Å². The van der Waals surface area contributed by atoms with Crippen molar-refractivity contribution >= 4 is 5.91 Å². The van der Waals surface area contributed by atoms with E-state index in [2.05, 4.69) is 9.97 Å². The monoisotopic (exact) mass is 251 g/mol. The number of amides is 1. The van der Waals surface area contributed by atoms with E-state index in [1.807, 2.05) is 0 Å². The van der Waals surface area contributed by atoms with Crippen molar-refractivity contribution in [1.82, 2.24) is 14.9 Å². The van der Waals surface area contributed by atoms with Crippen molar-refractivity contribution in [3.63, 3.8) is 0 Å². The Morgan fingerprint density at radius 2 is 2.33 bits per heavy atom. The Balaban J connectivity index is 2.11. The molecular weight excluding hydrogens is 234 g/mol. The fourth-order valence-electron chi connectivity index (χ4n) is 2.00. The number of aliphatic hydroxyl groups is 1. The highest BCUT2D eigenvalue weighted by atomic mass is 16.3. The van der Waals surface area contributed by atoms with Crippen LogP contribution < -0.4 is 5.56 Å². The summed E-state index contributed by atoms with van der Waals surface area (Å²) in [6, 6.07) is 0.248. The third kappa shape index (κ3) is 2.76. The van der Waals surface area contributed by atoms with Crippen LogP contribution in [0.3, 0.4) is 0 Å². The molecule has 18 heavy (non-hydrogen) atoms. The number of aromatic amines is 1. The fraction of sp³-hybridized carbons (Fsp3) is 0.583. The average molecular weight is 251 g/mol. The van der Waals surface area contributed by atoms with Crippen molar-refractivity contribution in [2.24, 2.45) is 0 Å². The number of hydrogen-bond donors (Lipinski definition) is 2. The molecule has 6 heteroatoms. The van der Waals surface area contributed by atoms with E-state index in [-0.39, 0.29) is 29.8 Å². The molecule has 98 valence electrons. The summed E-state index contributed by atoms with van der Waals surface area (Å²) in [7, 11) is 0. The zero-order valence-electron chi connectivity index (χ0n) is 10.1. The van der Waals surface area contributed by atoms with Gasteiger partial charge in [0.25, 0.3) is 11.5 Å². The van der Waals surface area contributed by atoms with Crippen LogP contribution in [0.1, 0.15) is 36.2 Å². The number of aliphatic hydroxyl groups excluding tert-OH is 1. The minimum absolute atomic E-state index is 0.0650. The first kappa shape index (κ1) is 12.8. The van der Waals surface area contributed by atoms with Crippen LogP contribution in [0.2, 0.25) is 0 Å². The molecule has 2 rings (SSSR count). The molecule has 1 aliphatic rings. The van der Waals surface area contributed by atoms with E-state index < -0.39 is 0 Å². The van der Waals surface area contributed by atoms with E-state index in [0.717, 1.165) is 25.5 Å². The summed E-state index contributed by atoms with van der Waals surface area (Å²) in [5, 5.41) is 8.88. The van der Waals surface area contributed by atoms with Crippen molar-refractivity contribution < 1.29 is 9.90 Å². The minimum Gasteiger partial charge on any atom is -0.396 e. The first-order valence-electron chi connectivity index (χ1n) is 6.19. The van der Waals surface area contributed by atoms with Gasteiger partial charge in [-0.25, -0.2) is 4.98 Å². The summed E-state index contributed by atoms with van der Waals surface area (Å²) in [6.45, 7) is 0.594. The lowest BCUT2D eigenvalue weighted by Gasteiger charge is -2.37. The zero-order valence-corrected chi connectivity index (χ0v) is 10.1. The first-order valence-corrected chi connectivity index (χ1v) is 6.19. The van der Waals surface area contributed by atoms with Crippen LogP contribution in [0.25, 0.3) is 0 Å². The molecule has 0 unspecified atom stereocenters. The van der Waals surface area contributed by atoms with Crippen molar-refractivity contribution in [1.29, 1.82) is 0 Å². The second-order valence-electron chi connectivity index (χ2n) is 4.46. The largest absolute Gasteiger partial charge is 0.396 e. The Hall–Kier alpha value is -1.69. The van der Waals surface area contributed by atoms with Crippen LogP contribution in [-0.2, 0) is 0 Å². The molecule has 2 N–H and O–H groups in total. The van der Waals surface area contributed by atoms with Crippen LogP contribution in [0.5, 0.6) is 0 Å². The Morgan fingerprint density at radius 3 is 2.83 bits per heavy atom. The molecule has 6 nitrogen and oxygen atoms in total. The third-order valence-electron chi connectivity index (χ3n) is 3.22. The van der Waals surface area contributed by atoms with E-state index in [0.29, 0.717) is 13.0 Å². The summed E-state index contributed by atoms with van der Waals surface area (Å²) < 4.78 is 0. The smallest absolute Gasteiger partial charge is 0.274 e. The van der Waals surface area contributed by atoms with E-state index in [1.165, 1.54) is 6.20 Å². The van der Waals surface area contributed by atoms with Gasteiger partial charge in [-0.2, -0.15) is 0 Å². The van der Waals surface area contributed by atoms with Gasteiger partial charge in [-0.15, -0.1) is 0 Å². The molecule has 0 bridgehead atoms. The number of carbonyl (C=O) groups is 1. The lowest BCUT2D eigenvalue weighted by molar-refractivity contribution is 0.0556. The summed E-state index contributed by atoms with van der Waals surface area (Å²) >= 11 is 0. The van der Waals surface area contributed by atoms with Gasteiger partial charge in [0.15, 0.2) is 0 Å². The number of hydrogen-bond acceptors (Lipinski definition) is 4. The van der Waals surface area contributed by atoms with Crippen molar-refractivity contribution in [3.05, 3.63) is 28.4 Å².